The van der Waals surface area contributed by atoms with Gasteiger partial charge in [-0.25, -0.2) is 4.21 Å². The van der Waals surface area contributed by atoms with E-state index in [9.17, 15) is 4.21 Å². The van der Waals surface area contributed by atoms with Gasteiger partial charge < -0.3 is 15.0 Å². The second-order valence-corrected chi connectivity index (χ2v) is 6.49. The van der Waals surface area contributed by atoms with E-state index in [1.54, 1.807) is 6.92 Å². The molecule has 92 valence electrons. The van der Waals surface area contributed by atoms with E-state index < -0.39 is 8.77 Å². The molecule has 1 atom stereocenters. The Kier molecular flexibility index (Phi) is 8.49. The maximum absolute atomic E-state index is 9.93. The Labute approximate surface area is 96.4 Å². The molecule has 7 heteroatoms. The van der Waals surface area contributed by atoms with Crippen LogP contribution in [0.1, 0.15) is 6.92 Å². The minimum Gasteiger partial charge on any atom is -0.395 e. The van der Waals surface area contributed by atoms with Gasteiger partial charge >= 0.3 is 0 Å². The Bertz CT molecular complexity index is 236. The first-order valence-electron chi connectivity index (χ1n) is 4.98. The summed E-state index contributed by atoms with van der Waals surface area (Å²) in [4.78, 5) is 2.26. The van der Waals surface area contributed by atoms with E-state index in [1.807, 2.05) is 0 Å². The molecule has 15 heavy (non-hydrogen) atoms. The highest BCUT2D eigenvalue weighted by Gasteiger charge is 2.06. The van der Waals surface area contributed by atoms with Crippen LogP contribution in [0.25, 0.3) is 0 Å². The number of nitrogens with one attached hydrogen (secondary N) is 1. The van der Waals surface area contributed by atoms with Crippen molar-refractivity contribution in [2.75, 3.05) is 45.1 Å². The van der Waals surface area contributed by atoms with Crippen molar-refractivity contribution in [2.45, 2.75) is 6.92 Å². The van der Waals surface area contributed by atoms with Crippen LogP contribution in [0, 0.1) is 0 Å². The second kappa shape index (κ2) is 8.37. The molecule has 0 spiro atoms. The van der Waals surface area contributed by atoms with Crippen LogP contribution < -0.4 is 5.32 Å². The van der Waals surface area contributed by atoms with Gasteiger partial charge in [-0.3, -0.25) is 4.90 Å². The Morgan fingerprint density at radius 1 is 1.47 bits per heavy atom. The molecular formula is C8H20N2O3S2. The summed E-state index contributed by atoms with van der Waals surface area (Å²) in [5, 5.41) is 11.8. The van der Waals surface area contributed by atoms with Gasteiger partial charge in [0, 0.05) is 49.7 Å². The topological polar surface area (TPSA) is 72.8 Å². The molecule has 5 nitrogen and oxygen atoms in total. The zero-order valence-electron chi connectivity index (χ0n) is 9.02. The number of rotatable bonds is 3. The minimum atomic E-state index is -2.83. The maximum Gasteiger partial charge on any atom is 0.141 e. The van der Waals surface area contributed by atoms with Crippen LogP contribution >= 0.6 is 0 Å². The predicted octanol–water partition coefficient (Wildman–Crippen LogP) is -0.890. The van der Waals surface area contributed by atoms with Crippen molar-refractivity contribution >= 4 is 20.0 Å². The summed E-state index contributed by atoms with van der Waals surface area (Å²) in [5.41, 5.74) is 0. The van der Waals surface area contributed by atoms with Crippen LogP contribution in [-0.4, -0.2) is 63.9 Å². The first-order valence-corrected chi connectivity index (χ1v) is 7.59. The normalized spacial score (nSPS) is 21.3. The van der Waals surface area contributed by atoms with E-state index in [0.29, 0.717) is 6.61 Å². The first-order chi connectivity index (χ1) is 6.99. The lowest BCUT2D eigenvalue weighted by atomic mass is 10.4. The average Bonchev–Trinajstić information content (AvgIpc) is 2.20. The van der Waals surface area contributed by atoms with E-state index in [1.165, 1.54) is 0 Å². The van der Waals surface area contributed by atoms with Gasteiger partial charge in [0.15, 0.2) is 0 Å². The number of hydrogen-bond acceptors (Lipinski definition) is 5. The van der Waals surface area contributed by atoms with E-state index >= 15 is 0 Å². The molecule has 0 saturated carbocycles. The second-order valence-electron chi connectivity index (χ2n) is 3.19. The van der Waals surface area contributed by atoms with Crippen LogP contribution in [0.2, 0.25) is 0 Å². The lowest BCUT2D eigenvalue weighted by Crippen LogP contribution is -2.44. The van der Waals surface area contributed by atoms with Gasteiger partial charge in [0.25, 0.3) is 0 Å². The Morgan fingerprint density at radius 3 is 2.27 bits per heavy atom. The predicted molar refractivity (Wildman–Crippen MR) is 65.1 cm³/mol. The molecule has 1 unspecified atom stereocenters. The van der Waals surface area contributed by atoms with Gasteiger partial charge in [0.05, 0.1) is 6.61 Å². The summed E-state index contributed by atoms with van der Waals surface area (Å²) < 4.78 is 18.1. The molecule has 0 aromatic rings. The lowest BCUT2D eigenvalue weighted by Gasteiger charge is -2.25. The molecular weight excluding hydrogens is 236 g/mol. The first kappa shape index (κ1) is 15.2. The Hall–Kier alpha value is 0.210. The van der Waals surface area contributed by atoms with Gasteiger partial charge in [0.2, 0.25) is 0 Å². The molecule has 0 aromatic heterocycles. The quantitative estimate of drug-likeness (QED) is 0.608. The van der Waals surface area contributed by atoms with Crippen LogP contribution in [-0.2, 0) is 20.0 Å². The summed E-state index contributed by atoms with van der Waals surface area (Å²) in [5.74, 6) is 0.169. The number of nitrogens with zero attached hydrogens (tertiary/aromatic N) is 1. The van der Waals surface area contributed by atoms with Crippen molar-refractivity contribution < 1.29 is 13.9 Å². The Balaban J connectivity index is 0.000000288. The maximum atomic E-state index is 9.93. The summed E-state index contributed by atoms with van der Waals surface area (Å²) in [6, 6.07) is 0. The molecule has 1 rings (SSSR count). The van der Waals surface area contributed by atoms with E-state index in [0.717, 1.165) is 32.7 Å². The number of β-amino-alcohol motifs (C(OH)–C–C–N with tert-alkyl or cyclic N) is 1. The molecule has 1 saturated heterocycles. The standard InChI is InChI=1S/C6H14N2O.C2H6O2S2/c9-6-5-8-3-1-7-2-4-8;1-2-6(3,4)5/h7,9H,1-6H2;2H2,1H3,(H,3,4,5). The Morgan fingerprint density at radius 2 is 1.93 bits per heavy atom. The molecule has 0 aromatic carbocycles. The molecule has 0 bridgehead atoms. The highest BCUT2D eigenvalue weighted by Crippen LogP contribution is 1.88. The zero-order valence-corrected chi connectivity index (χ0v) is 10.6. The third-order valence-electron chi connectivity index (χ3n) is 1.99. The van der Waals surface area contributed by atoms with Crippen molar-refractivity contribution in [1.29, 1.82) is 0 Å². The summed E-state index contributed by atoms with van der Waals surface area (Å²) in [6.07, 6.45) is 0. The third-order valence-corrected chi connectivity index (χ3v) is 3.43. The van der Waals surface area contributed by atoms with Gasteiger partial charge in [-0.05, 0) is 0 Å². The van der Waals surface area contributed by atoms with Crippen molar-refractivity contribution in [1.82, 2.24) is 10.2 Å². The van der Waals surface area contributed by atoms with E-state index in [2.05, 4.69) is 21.4 Å². The molecule has 1 fully saturated rings. The lowest BCUT2D eigenvalue weighted by molar-refractivity contribution is 0.180. The molecule has 3 N–H and O–H groups in total. The minimum absolute atomic E-state index is 0.169. The SMILES string of the molecule is CCS(=O)(O)=S.OCCN1CCNCC1. The van der Waals surface area contributed by atoms with Crippen molar-refractivity contribution in [3.05, 3.63) is 0 Å². The van der Waals surface area contributed by atoms with Crippen LogP contribution in [0.3, 0.4) is 0 Å². The number of piperazine rings is 1. The van der Waals surface area contributed by atoms with Gasteiger partial charge in [0.1, 0.15) is 8.77 Å². The fourth-order valence-corrected chi connectivity index (χ4v) is 1.08. The van der Waals surface area contributed by atoms with E-state index in [4.69, 9.17) is 9.66 Å². The molecule has 1 aliphatic rings. The average molecular weight is 256 g/mol. The monoisotopic (exact) mass is 256 g/mol. The highest BCUT2D eigenvalue weighted by molar-refractivity contribution is 8.29. The van der Waals surface area contributed by atoms with E-state index in [-0.39, 0.29) is 5.75 Å². The smallest absolute Gasteiger partial charge is 0.141 e. The summed E-state index contributed by atoms with van der Waals surface area (Å²) in [7, 11) is -2.83. The summed E-state index contributed by atoms with van der Waals surface area (Å²) >= 11 is 4.07. The third kappa shape index (κ3) is 10.5. The highest BCUT2D eigenvalue weighted by atomic mass is 32.8. The van der Waals surface area contributed by atoms with Crippen LogP contribution in [0.5, 0.6) is 0 Å². The number of aliphatic hydroxyl groups excluding tert-OH is 1. The van der Waals surface area contributed by atoms with Gasteiger partial charge in [-0.1, -0.05) is 6.92 Å². The van der Waals surface area contributed by atoms with Gasteiger partial charge in [-0.2, -0.15) is 0 Å². The van der Waals surface area contributed by atoms with Gasteiger partial charge in [-0.15, -0.1) is 0 Å². The fourth-order valence-electron chi connectivity index (χ4n) is 1.08. The molecule has 0 amide bonds. The fraction of sp³-hybridized carbons (Fsp3) is 1.00. The molecule has 0 aliphatic carbocycles. The molecule has 1 heterocycles. The van der Waals surface area contributed by atoms with Crippen LogP contribution in [0.15, 0.2) is 0 Å². The molecule has 0 radical (unpaired) electrons. The number of hydrogen-bond donors (Lipinski definition) is 3. The molecule has 1 aliphatic heterocycles. The van der Waals surface area contributed by atoms with Crippen molar-refractivity contribution in [3.8, 4) is 0 Å². The number of aliphatic hydroxyl groups is 1. The van der Waals surface area contributed by atoms with Crippen molar-refractivity contribution in [3.63, 3.8) is 0 Å². The summed E-state index contributed by atoms with van der Waals surface area (Å²) in [6.45, 7) is 7.01. The zero-order chi connectivity index (χ0) is 11.7. The van der Waals surface area contributed by atoms with Crippen LogP contribution in [0.4, 0.5) is 0 Å². The van der Waals surface area contributed by atoms with Crippen molar-refractivity contribution in [2.24, 2.45) is 0 Å². The largest absolute Gasteiger partial charge is 0.395 e.